The van der Waals surface area contributed by atoms with Crippen molar-refractivity contribution >= 4 is 17.4 Å². The van der Waals surface area contributed by atoms with Crippen molar-refractivity contribution in [2.45, 2.75) is 5.38 Å². The molecule has 0 fully saturated rings. The van der Waals surface area contributed by atoms with E-state index in [1.807, 2.05) is 0 Å². The summed E-state index contributed by atoms with van der Waals surface area (Å²) in [4.78, 5) is 12.0. The van der Waals surface area contributed by atoms with Crippen LogP contribution >= 0.6 is 11.6 Å². The van der Waals surface area contributed by atoms with Crippen LogP contribution in [-0.2, 0) is 0 Å². The quantitative estimate of drug-likeness (QED) is 0.603. The molecule has 0 saturated heterocycles. The third-order valence-corrected chi connectivity index (χ3v) is 2.92. The number of halogens is 3. The number of hydrogen-bond donors (Lipinski definition) is 0. The summed E-state index contributed by atoms with van der Waals surface area (Å²) in [7, 11) is 0. The molecule has 0 radical (unpaired) electrons. The summed E-state index contributed by atoms with van der Waals surface area (Å²) in [5.74, 6) is -2.12. The maximum absolute atomic E-state index is 13.0. The average Bonchev–Trinajstić information content (AvgIpc) is 2.37. The third kappa shape index (κ3) is 2.74. The van der Waals surface area contributed by atoms with Gasteiger partial charge >= 0.3 is 0 Å². The molecule has 0 aliphatic rings. The predicted octanol–water partition coefficient (Wildman–Crippen LogP) is 4.13. The van der Waals surface area contributed by atoms with Gasteiger partial charge in [-0.05, 0) is 17.7 Å². The van der Waals surface area contributed by atoms with Crippen LogP contribution in [0.5, 0.6) is 0 Å². The van der Waals surface area contributed by atoms with E-state index in [2.05, 4.69) is 0 Å². The normalized spacial score (nSPS) is 12.2. The molecule has 18 heavy (non-hydrogen) atoms. The van der Waals surface area contributed by atoms with E-state index in [1.54, 1.807) is 30.3 Å². The lowest BCUT2D eigenvalue weighted by Crippen LogP contribution is -2.08. The lowest BCUT2D eigenvalue weighted by atomic mass is 10.0. The highest BCUT2D eigenvalue weighted by Crippen LogP contribution is 2.25. The molecule has 0 spiro atoms. The zero-order chi connectivity index (χ0) is 13.1. The molecule has 2 aromatic rings. The molecule has 2 rings (SSSR count). The highest BCUT2D eigenvalue weighted by molar-refractivity contribution is 6.33. The maximum atomic E-state index is 13.0. The third-order valence-electron chi connectivity index (χ3n) is 2.47. The Balaban J connectivity index is 2.31. The fraction of sp³-hybridized carbons (Fsp3) is 0.0714. The average molecular weight is 267 g/mol. The van der Waals surface area contributed by atoms with Gasteiger partial charge in [-0.3, -0.25) is 4.79 Å². The van der Waals surface area contributed by atoms with Gasteiger partial charge in [-0.1, -0.05) is 30.3 Å². The highest BCUT2D eigenvalue weighted by atomic mass is 35.5. The minimum atomic E-state index is -0.951. The molecule has 2 aromatic carbocycles. The first-order valence-electron chi connectivity index (χ1n) is 5.27. The fourth-order valence-electron chi connectivity index (χ4n) is 1.62. The largest absolute Gasteiger partial charge is 0.292 e. The van der Waals surface area contributed by atoms with Crippen LogP contribution in [0, 0.1) is 11.6 Å². The van der Waals surface area contributed by atoms with Crippen molar-refractivity contribution in [3.8, 4) is 0 Å². The van der Waals surface area contributed by atoms with E-state index >= 15 is 0 Å². The van der Waals surface area contributed by atoms with Gasteiger partial charge < -0.3 is 0 Å². The van der Waals surface area contributed by atoms with Crippen LogP contribution < -0.4 is 0 Å². The summed E-state index contributed by atoms with van der Waals surface area (Å²) >= 11 is 6.00. The fourth-order valence-corrected chi connectivity index (χ4v) is 1.89. The minimum Gasteiger partial charge on any atom is -0.292 e. The number of Topliss-reactive ketones (excluding diaryl/α,β-unsaturated/α-hetero) is 1. The molecule has 0 aromatic heterocycles. The monoisotopic (exact) mass is 266 g/mol. The van der Waals surface area contributed by atoms with Gasteiger partial charge in [0.25, 0.3) is 0 Å². The number of alkyl halides is 1. The van der Waals surface area contributed by atoms with Crippen LogP contribution in [0.4, 0.5) is 8.78 Å². The molecule has 1 atom stereocenters. The van der Waals surface area contributed by atoms with E-state index in [0.717, 1.165) is 12.1 Å². The summed E-state index contributed by atoms with van der Waals surface area (Å²) in [6.07, 6.45) is 0. The zero-order valence-electron chi connectivity index (χ0n) is 9.24. The first kappa shape index (κ1) is 12.7. The van der Waals surface area contributed by atoms with Crippen molar-refractivity contribution in [3.63, 3.8) is 0 Å². The lowest BCUT2D eigenvalue weighted by Gasteiger charge is -2.09. The smallest absolute Gasteiger partial charge is 0.185 e. The van der Waals surface area contributed by atoms with E-state index in [-0.39, 0.29) is 5.56 Å². The second kappa shape index (κ2) is 5.27. The van der Waals surface area contributed by atoms with Gasteiger partial charge in [0.2, 0.25) is 0 Å². The van der Waals surface area contributed by atoms with E-state index in [1.165, 1.54) is 0 Å². The van der Waals surface area contributed by atoms with Crippen LogP contribution in [0.25, 0.3) is 0 Å². The maximum Gasteiger partial charge on any atom is 0.185 e. The Morgan fingerprint density at radius 3 is 2.11 bits per heavy atom. The molecule has 0 amide bonds. The van der Waals surface area contributed by atoms with E-state index in [9.17, 15) is 13.6 Å². The minimum absolute atomic E-state index is 0.0728. The van der Waals surface area contributed by atoms with Crippen LogP contribution in [-0.4, -0.2) is 5.78 Å². The zero-order valence-corrected chi connectivity index (χ0v) is 9.99. The van der Waals surface area contributed by atoms with Gasteiger partial charge in [0.15, 0.2) is 5.78 Å². The molecular formula is C14H9ClF2O. The number of carbonyl (C=O) groups is 1. The van der Waals surface area contributed by atoms with Crippen molar-refractivity contribution in [1.82, 2.24) is 0 Å². The van der Waals surface area contributed by atoms with Gasteiger partial charge in [-0.15, -0.1) is 11.6 Å². The molecular weight excluding hydrogens is 258 g/mol. The standard InChI is InChI=1S/C14H9ClF2O/c15-13(9-4-2-1-3-5-9)14(18)10-6-11(16)8-12(17)7-10/h1-8,13H. The summed E-state index contributed by atoms with van der Waals surface area (Å²) in [5, 5.41) is -0.951. The Kier molecular flexibility index (Phi) is 3.72. The lowest BCUT2D eigenvalue weighted by molar-refractivity contribution is 0.0986. The van der Waals surface area contributed by atoms with E-state index < -0.39 is 22.8 Å². The number of ketones is 1. The van der Waals surface area contributed by atoms with Crippen molar-refractivity contribution in [1.29, 1.82) is 0 Å². The van der Waals surface area contributed by atoms with Gasteiger partial charge in [-0.25, -0.2) is 8.78 Å². The van der Waals surface area contributed by atoms with E-state index in [0.29, 0.717) is 11.6 Å². The van der Waals surface area contributed by atoms with Crippen molar-refractivity contribution in [3.05, 3.63) is 71.3 Å². The number of carbonyl (C=O) groups excluding carboxylic acids is 1. The van der Waals surface area contributed by atoms with Gasteiger partial charge in [-0.2, -0.15) is 0 Å². The van der Waals surface area contributed by atoms with Crippen LogP contribution in [0.2, 0.25) is 0 Å². The molecule has 0 N–H and O–H groups in total. The van der Waals surface area contributed by atoms with E-state index in [4.69, 9.17) is 11.6 Å². The summed E-state index contributed by atoms with van der Waals surface area (Å²) < 4.78 is 26.0. The Morgan fingerprint density at radius 1 is 1.00 bits per heavy atom. The predicted molar refractivity (Wildman–Crippen MR) is 65.7 cm³/mol. The first-order chi connectivity index (χ1) is 8.58. The van der Waals surface area contributed by atoms with Gasteiger partial charge in [0.1, 0.15) is 17.0 Å². The Morgan fingerprint density at radius 2 is 1.56 bits per heavy atom. The number of hydrogen-bond acceptors (Lipinski definition) is 1. The molecule has 0 bridgehead atoms. The number of benzene rings is 2. The molecule has 1 nitrogen and oxygen atoms in total. The van der Waals surface area contributed by atoms with Crippen LogP contribution in [0.3, 0.4) is 0 Å². The first-order valence-corrected chi connectivity index (χ1v) is 5.71. The second-order valence-electron chi connectivity index (χ2n) is 3.80. The van der Waals surface area contributed by atoms with Gasteiger partial charge in [0, 0.05) is 11.6 Å². The van der Waals surface area contributed by atoms with Crippen molar-refractivity contribution in [2.24, 2.45) is 0 Å². The summed E-state index contributed by atoms with van der Waals surface area (Å²) in [6.45, 7) is 0. The van der Waals surface area contributed by atoms with Gasteiger partial charge in [0.05, 0.1) is 0 Å². The molecule has 0 aliphatic carbocycles. The molecule has 0 aliphatic heterocycles. The van der Waals surface area contributed by atoms with Crippen molar-refractivity contribution in [2.75, 3.05) is 0 Å². The topological polar surface area (TPSA) is 17.1 Å². The van der Waals surface area contributed by atoms with Crippen LogP contribution in [0.15, 0.2) is 48.5 Å². The molecule has 0 saturated carbocycles. The number of rotatable bonds is 3. The van der Waals surface area contributed by atoms with Crippen LogP contribution in [0.1, 0.15) is 21.3 Å². The Hall–Kier alpha value is -1.74. The summed E-state index contributed by atoms with van der Waals surface area (Å²) in [6, 6.07) is 11.3. The Labute approximate surface area is 108 Å². The highest BCUT2D eigenvalue weighted by Gasteiger charge is 2.20. The summed E-state index contributed by atoms with van der Waals surface area (Å²) in [5.41, 5.74) is 0.519. The molecule has 4 heteroatoms. The molecule has 0 heterocycles. The second-order valence-corrected chi connectivity index (χ2v) is 4.23. The SMILES string of the molecule is O=C(c1cc(F)cc(F)c1)C(Cl)c1ccccc1. The molecule has 92 valence electrons. The van der Waals surface area contributed by atoms with Crippen molar-refractivity contribution < 1.29 is 13.6 Å². The molecule has 1 unspecified atom stereocenters. The Bertz CT molecular complexity index is 549.